The van der Waals surface area contributed by atoms with Crippen LogP contribution in [0.3, 0.4) is 0 Å². The third-order valence-electron chi connectivity index (χ3n) is 5.27. The Kier molecular flexibility index (Phi) is 6.52. The van der Waals surface area contributed by atoms with Gasteiger partial charge in [-0.15, -0.1) is 0 Å². The second-order valence-electron chi connectivity index (χ2n) is 7.50. The summed E-state index contributed by atoms with van der Waals surface area (Å²) in [5, 5.41) is 2.97. The van der Waals surface area contributed by atoms with Gasteiger partial charge in [-0.25, -0.2) is 8.42 Å². The lowest BCUT2D eigenvalue weighted by Crippen LogP contribution is -2.45. The number of piperidine rings is 1. The summed E-state index contributed by atoms with van der Waals surface area (Å²) in [5.41, 5.74) is 2.82. The number of nitrogens with zero attached hydrogens (tertiary/aromatic N) is 1. The number of hydrogen-bond donors (Lipinski definition) is 1. The summed E-state index contributed by atoms with van der Waals surface area (Å²) in [6.07, 6.45) is 2.18. The smallest absolute Gasteiger partial charge is 0.243 e. The molecule has 1 saturated heterocycles. The van der Waals surface area contributed by atoms with Gasteiger partial charge >= 0.3 is 0 Å². The number of sulfonamides is 1. The molecule has 3 rings (SSSR count). The Balaban J connectivity index is 1.63. The molecular weight excluding hydrogens is 372 g/mol. The van der Waals surface area contributed by atoms with E-state index in [1.165, 1.54) is 9.87 Å². The first-order valence-electron chi connectivity index (χ1n) is 9.77. The van der Waals surface area contributed by atoms with Crippen LogP contribution in [-0.4, -0.2) is 38.3 Å². The molecule has 0 bridgehead atoms. The average Bonchev–Trinajstić information content (AvgIpc) is 2.70. The summed E-state index contributed by atoms with van der Waals surface area (Å²) in [4.78, 5) is 12.9. The van der Waals surface area contributed by atoms with E-state index in [1.54, 1.807) is 6.07 Å². The standard InChI is InChI=1S/C22H28N2O3S/c1-17-10-11-18(2)21(15-17)28(26,27)24-14-6-9-20(16-24)22(25)23-13-12-19-7-4-3-5-8-19/h3-5,7-8,10-11,15,20H,6,9,12-14,16H2,1-2H3,(H,23,25). The van der Waals surface area contributed by atoms with Gasteiger partial charge in [-0.05, 0) is 55.9 Å². The molecule has 0 spiro atoms. The lowest BCUT2D eigenvalue weighted by atomic mass is 9.99. The van der Waals surface area contributed by atoms with Crippen LogP contribution in [0.15, 0.2) is 53.4 Å². The quantitative estimate of drug-likeness (QED) is 0.810. The molecule has 0 radical (unpaired) electrons. The van der Waals surface area contributed by atoms with Crippen LogP contribution in [0.4, 0.5) is 0 Å². The minimum absolute atomic E-state index is 0.0585. The Morgan fingerprint density at radius 3 is 2.64 bits per heavy atom. The Bertz CT molecular complexity index is 926. The molecule has 1 aliphatic heterocycles. The van der Waals surface area contributed by atoms with Crippen LogP contribution in [0.25, 0.3) is 0 Å². The molecule has 1 heterocycles. The van der Waals surface area contributed by atoms with E-state index in [-0.39, 0.29) is 18.4 Å². The number of amides is 1. The van der Waals surface area contributed by atoms with E-state index in [2.05, 4.69) is 5.32 Å². The van der Waals surface area contributed by atoms with Gasteiger partial charge in [0.2, 0.25) is 15.9 Å². The van der Waals surface area contributed by atoms with Gasteiger partial charge in [0.1, 0.15) is 0 Å². The summed E-state index contributed by atoms with van der Waals surface area (Å²) >= 11 is 0. The van der Waals surface area contributed by atoms with Crippen molar-refractivity contribution in [2.75, 3.05) is 19.6 Å². The van der Waals surface area contributed by atoms with E-state index in [4.69, 9.17) is 0 Å². The van der Waals surface area contributed by atoms with E-state index in [1.807, 2.05) is 56.3 Å². The summed E-state index contributed by atoms with van der Waals surface area (Å²) in [6.45, 7) is 4.96. The Morgan fingerprint density at radius 2 is 1.89 bits per heavy atom. The second kappa shape index (κ2) is 8.88. The lowest BCUT2D eigenvalue weighted by molar-refractivity contribution is -0.126. The molecule has 150 valence electrons. The van der Waals surface area contributed by atoms with Gasteiger partial charge in [0.25, 0.3) is 0 Å². The number of carbonyl (C=O) groups excluding carboxylic acids is 1. The SMILES string of the molecule is Cc1ccc(C)c(S(=O)(=O)N2CCCC(C(=O)NCCc3ccccc3)C2)c1. The third kappa shape index (κ3) is 4.80. The summed E-state index contributed by atoms with van der Waals surface area (Å²) in [5.74, 6) is -0.360. The van der Waals surface area contributed by atoms with Gasteiger partial charge in [-0.2, -0.15) is 4.31 Å². The Labute approximate surface area is 167 Å². The van der Waals surface area contributed by atoms with Crippen molar-refractivity contribution < 1.29 is 13.2 Å². The molecule has 1 N–H and O–H groups in total. The monoisotopic (exact) mass is 400 g/mol. The van der Waals surface area contributed by atoms with Gasteiger partial charge in [-0.3, -0.25) is 4.79 Å². The molecule has 1 unspecified atom stereocenters. The summed E-state index contributed by atoms with van der Waals surface area (Å²) in [6, 6.07) is 15.5. The van der Waals surface area contributed by atoms with E-state index >= 15 is 0 Å². The van der Waals surface area contributed by atoms with Crippen molar-refractivity contribution in [2.45, 2.75) is 38.0 Å². The number of nitrogens with one attached hydrogen (secondary N) is 1. The second-order valence-corrected chi connectivity index (χ2v) is 9.40. The van der Waals surface area contributed by atoms with Crippen molar-refractivity contribution in [3.05, 3.63) is 65.2 Å². The van der Waals surface area contributed by atoms with Crippen LogP contribution in [-0.2, 0) is 21.2 Å². The Morgan fingerprint density at radius 1 is 1.14 bits per heavy atom. The number of benzene rings is 2. The van der Waals surface area contributed by atoms with Gasteiger partial charge in [0.05, 0.1) is 10.8 Å². The first kappa shape index (κ1) is 20.6. The average molecular weight is 401 g/mol. The minimum Gasteiger partial charge on any atom is -0.355 e. The lowest BCUT2D eigenvalue weighted by Gasteiger charge is -2.31. The van der Waals surface area contributed by atoms with Gasteiger partial charge in [-0.1, -0.05) is 42.5 Å². The first-order chi connectivity index (χ1) is 13.4. The van der Waals surface area contributed by atoms with Crippen LogP contribution < -0.4 is 5.32 Å². The van der Waals surface area contributed by atoms with Crippen molar-refractivity contribution in [2.24, 2.45) is 5.92 Å². The predicted molar refractivity (Wildman–Crippen MR) is 111 cm³/mol. The highest BCUT2D eigenvalue weighted by Crippen LogP contribution is 2.26. The number of hydrogen-bond acceptors (Lipinski definition) is 3. The maximum Gasteiger partial charge on any atom is 0.243 e. The zero-order valence-corrected chi connectivity index (χ0v) is 17.3. The van der Waals surface area contributed by atoms with Crippen molar-refractivity contribution in [1.82, 2.24) is 9.62 Å². The summed E-state index contributed by atoms with van der Waals surface area (Å²) in [7, 11) is -3.59. The van der Waals surface area contributed by atoms with Gasteiger partial charge < -0.3 is 5.32 Å². The molecule has 1 amide bonds. The zero-order valence-electron chi connectivity index (χ0n) is 16.5. The van der Waals surface area contributed by atoms with Crippen molar-refractivity contribution in [1.29, 1.82) is 0 Å². The van der Waals surface area contributed by atoms with Crippen LogP contribution in [0.5, 0.6) is 0 Å². The predicted octanol–water partition coefficient (Wildman–Crippen LogP) is 3.06. The maximum absolute atomic E-state index is 13.1. The minimum atomic E-state index is -3.59. The largest absolute Gasteiger partial charge is 0.355 e. The molecule has 28 heavy (non-hydrogen) atoms. The topological polar surface area (TPSA) is 66.5 Å². The maximum atomic E-state index is 13.1. The van der Waals surface area contributed by atoms with Crippen LogP contribution in [0, 0.1) is 19.8 Å². The molecule has 1 aliphatic rings. The van der Waals surface area contributed by atoms with Crippen molar-refractivity contribution in [3.8, 4) is 0 Å². The fourth-order valence-electron chi connectivity index (χ4n) is 3.62. The highest BCUT2D eigenvalue weighted by atomic mass is 32.2. The normalized spacial score (nSPS) is 18.0. The van der Waals surface area contributed by atoms with E-state index < -0.39 is 10.0 Å². The fourth-order valence-corrected chi connectivity index (χ4v) is 5.45. The van der Waals surface area contributed by atoms with Gasteiger partial charge in [0, 0.05) is 19.6 Å². The molecule has 2 aromatic carbocycles. The molecule has 1 atom stereocenters. The molecule has 0 aromatic heterocycles. The fraction of sp³-hybridized carbons (Fsp3) is 0.409. The molecule has 0 saturated carbocycles. The number of carbonyl (C=O) groups is 1. The van der Waals surface area contributed by atoms with Crippen LogP contribution in [0.2, 0.25) is 0 Å². The molecule has 5 nitrogen and oxygen atoms in total. The highest BCUT2D eigenvalue weighted by molar-refractivity contribution is 7.89. The number of aryl methyl sites for hydroxylation is 2. The van der Waals surface area contributed by atoms with E-state index in [9.17, 15) is 13.2 Å². The molecule has 2 aromatic rings. The Hall–Kier alpha value is -2.18. The van der Waals surface area contributed by atoms with Crippen LogP contribution >= 0.6 is 0 Å². The zero-order chi connectivity index (χ0) is 20.1. The third-order valence-corrected chi connectivity index (χ3v) is 7.28. The highest BCUT2D eigenvalue weighted by Gasteiger charge is 2.33. The van der Waals surface area contributed by atoms with Crippen LogP contribution in [0.1, 0.15) is 29.5 Å². The number of rotatable bonds is 6. The van der Waals surface area contributed by atoms with E-state index in [0.29, 0.717) is 24.4 Å². The summed E-state index contributed by atoms with van der Waals surface area (Å²) < 4.78 is 27.7. The molecule has 6 heteroatoms. The van der Waals surface area contributed by atoms with Crippen molar-refractivity contribution in [3.63, 3.8) is 0 Å². The molecule has 1 fully saturated rings. The van der Waals surface area contributed by atoms with Crippen molar-refractivity contribution >= 4 is 15.9 Å². The van der Waals surface area contributed by atoms with E-state index in [0.717, 1.165) is 24.0 Å². The van der Waals surface area contributed by atoms with Gasteiger partial charge in [0.15, 0.2) is 0 Å². The molecule has 0 aliphatic carbocycles. The first-order valence-corrected chi connectivity index (χ1v) is 11.2. The molecular formula is C22H28N2O3S.